The van der Waals surface area contributed by atoms with Crippen LogP contribution in [0.15, 0.2) is 0 Å². The number of ether oxygens (including phenoxy) is 2. The average Bonchev–Trinajstić information content (AvgIpc) is 3.27. The van der Waals surface area contributed by atoms with Crippen LogP contribution >= 0.6 is 0 Å². The second-order valence-electron chi connectivity index (χ2n) is 19.0. The molecule has 0 aromatic rings. The SMILES string of the molecule is CCCCCCCCCCCCCCCCCCCCCCCCC(O)C(=O)N[C@H](CO[C@H]1O[C@H](CO)[C@H](O)[C@H](O)[C@H]1O)[C@H](O)[C@H](O)CCCCCCCCCCCCCCC. The summed E-state index contributed by atoms with van der Waals surface area (Å²) in [5, 5.41) is 75.9. The number of nitrogens with one attached hydrogen (secondary N) is 1. The Bertz CT molecular complexity index is 975. The van der Waals surface area contributed by atoms with Crippen LogP contribution in [0.2, 0.25) is 0 Å². The summed E-state index contributed by atoms with van der Waals surface area (Å²) in [7, 11) is 0. The van der Waals surface area contributed by atoms with E-state index in [9.17, 15) is 40.5 Å². The summed E-state index contributed by atoms with van der Waals surface area (Å²) < 4.78 is 11.1. The fourth-order valence-corrected chi connectivity index (χ4v) is 8.80. The number of amides is 1. The lowest BCUT2D eigenvalue weighted by molar-refractivity contribution is -0.303. The van der Waals surface area contributed by atoms with Crippen LogP contribution in [0.5, 0.6) is 0 Å². The third kappa shape index (κ3) is 30.3. The van der Waals surface area contributed by atoms with Crippen molar-refractivity contribution >= 4 is 5.91 Å². The van der Waals surface area contributed by atoms with Gasteiger partial charge < -0.3 is 50.5 Å². The van der Waals surface area contributed by atoms with Crippen molar-refractivity contribution in [3.8, 4) is 0 Å². The highest BCUT2D eigenvalue weighted by molar-refractivity contribution is 5.80. The zero-order chi connectivity index (χ0) is 45.5. The molecule has 370 valence electrons. The second kappa shape index (κ2) is 41.5. The summed E-state index contributed by atoms with van der Waals surface area (Å²) in [6.45, 7) is 3.47. The first kappa shape index (κ1) is 59.1. The molecule has 1 saturated heterocycles. The molecule has 1 fully saturated rings. The van der Waals surface area contributed by atoms with E-state index in [0.717, 1.165) is 38.5 Å². The molecule has 1 unspecified atom stereocenters. The van der Waals surface area contributed by atoms with Crippen LogP contribution in [0.3, 0.4) is 0 Å². The molecule has 0 saturated carbocycles. The molecule has 1 amide bonds. The van der Waals surface area contributed by atoms with E-state index in [-0.39, 0.29) is 6.42 Å². The summed E-state index contributed by atoms with van der Waals surface area (Å²) in [6.07, 6.45) is 32.9. The Morgan fingerprint density at radius 1 is 0.500 bits per heavy atom. The Morgan fingerprint density at radius 2 is 0.839 bits per heavy atom. The molecule has 8 N–H and O–H groups in total. The first-order valence-corrected chi connectivity index (χ1v) is 26.4. The van der Waals surface area contributed by atoms with Crippen LogP contribution < -0.4 is 5.32 Å². The van der Waals surface area contributed by atoms with Crippen molar-refractivity contribution in [1.82, 2.24) is 5.32 Å². The molecule has 1 heterocycles. The Balaban J connectivity index is 2.32. The summed E-state index contributed by atoms with van der Waals surface area (Å²) in [5.41, 5.74) is 0. The van der Waals surface area contributed by atoms with Gasteiger partial charge in [-0.3, -0.25) is 4.79 Å². The molecule has 0 aromatic heterocycles. The Labute approximate surface area is 379 Å². The van der Waals surface area contributed by atoms with Gasteiger partial charge in [-0.1, -0.05) is 239 Å². The molecule has 11 nitrogen and oxygen atoms in total. The minimum Gasteiger partial charge on any atom is -0.394 e. The van der Waals surface area contributed by atoms with Crippen LogP contribution in [0.25, 0.3) is 0 Å². The van der Waals surface area contributed by atoms with Gasteiger partial charge in [-0.25, -0.2) is 0 Å². The van der Waals surface area contributed by atoms with Gasteiger partial charge in [0.05, 0.1) is 25.4 Å². The van der Waals surface area contributed by atoms with Gasteiger partial charge in [0.1, 0.15) is 36.6 Å². The normalized spacial score (nSPS) is 21.2. The lowest BCUT2D eigenvalue weighted by atomic mass is 9.98. The number of aliphatic hydroxyl groups is 7. The van der Waals surface area contributed by atoms with Crippen molar-refractivity contribution in [2.45, 2.75) is 306 Å². The van der Waals surface area contributed by atoms with Gasteiger partial charge in [0.25, 0.3) is 0 Å². The fraction of sp³-hybridized carbons (Fsp3) is 0.980. The van der Waals surface area contributed by atoms with Gasteiger partial charge in [0.2, 0.25) is 5.91 Å². The van der Waals surface area contributed by atoms with E-state index in [2.05, 4.69) is 19.2 Å². The van der Waals surface area contributed by atoms with E-state index in [1.54, 1.807) is 0 Å². The third-order valence-corrected chi connectivity index (χ3v) is 13.2. The number of unbranched alkanes of at least 4 members (excludes halogenated alkanes) is 33. The summed E-state index contributed by atoms with van der Waals surface area (Å²) >= 11 is 0. The van der Waals surface area contributed by atoms with Crippen LogP contribution in [-0.4, -0.2) is 110 Å². The first-order valence-electron chi connectivity index (χ1n) is 26.4. The summed E-state index contributed by atoms with van der Waals surface area (Å²) in [4.78, 5) is 13.1. The van der Waals surface area contributed by atoms with Gasteiger partial charge in [0.15, 0.2) is 6.29 Å². The van der Waals surface area contributed by atoms with Gasteiger partial charge >= 0.3 is 0 Å². The third-order valence-electron chi connectivity index (χ3n) is 13.2. The van der Waals surface area contributed by atoms with E-state index in [0.29, 0.717) is 19.3 Å². The first-order chi connectivity index (χ1) is 30.2. The molecular weight excluding hydrogens is 787 g/mol. The molecular formula is C51H101NO10. The van der Waals surface area contributed by atoms with E-state index >= 15 is 0 Å². The second-order valence-corrected chi connectivity index (χ2v) is 19.0. The Hall–Kier alpha value is -0.890. The monoisotopic (exact) mass is 888 g/mol. The highest BCUT2D eigenvalue weighted by Gasteiger charge is 2.44. The molecule has 62 heavy (non-hydrogen) atoms. The number of carbonyl (C=O) groups excluding carboxylic acids is 1. The average molecular weight is 888 g/mol. The molecule has 11 heteroatoms. The lowest BCUT2D eigenvalue weighted by Gasteiger charge is -2.40. The predicted molar refractivity (Wildman–Crippen MR) is 252 cm³/mol. The maximum absolute atomic E-state index is 13.1. The topological polar surface area (TPSA) is 189 Å². The molecule has 0 radical (unpaired) electrons. The van der Waals surface area contributed by atoms with Crippen molar-refractivity contribution in [3.63, 3.8) is 0 Å². The van der Waals surface area contributed by atoms with Crippen molar-refractivity contribution in [2.24, 2.45) is 0 Å². The summed E-state index contributed by atoms with van der Waals surface area (Å²) in [5.74, 6) is -0.692. The van der Waals surface area contributed by atoms with Crippen LogP contribution in [-0.2, 0) is 14.3 Å². The van der Waals surface area contributed by atoms with Crippen molar-refractivity contribution in [2.75, 3.05) is 13.2 Å². The molecule has 9 atom stereocenters. The van der Waals surface area contributed by atoms with Crippen LogP contribution in [0.4, 0.5) is 0 Å². The van der Waals surface area contributed by atoms with E-state index in [4.69, 9.17) is 9.47 Å². The van der Waals surface area contributed by atoms with Crippen molar-refractivity contribution < 1.29 is 50.0 Å². The zero-order valence-electron chi connectivity index (χ0n) is 40.1. The minimum absolute atomic E-state index is 0.267. The van der Waals surface area contributed by atoms with Gasteiger partial charge in [-0.15, -0.1) is 0 Å². The lowest BCUT2D eigenvalue weighted by Crippen LogP contribution is -2.60. The number of hydrogen-bond acceptors (Lipinski definition) is 10. The van der Waals surface area contributed by atoms with Crippen molar-refractivity contribution in [1.29, 1.82) is 0 Å². The highest BCUT2D eigenvalue weighted by Crippen LogP contribution is 2.23. The van der Waals surface area contributed by atoms with Crippen molar-refractivity contribution in [3.05, 3.63) is 0 Å². The predicted octanol–water partition coefficient (Wildman–Crippen LogP) is 9.84. The largest absolute Gasteiger partial charge is 0.394 e. The fourth-order valence-electron chi connectivity index (χ4n) is 8.80. The molecule has 0 aromatic carbocycles. The quantitative estimate of drug-likeness (QED) is 0.0273. The molecule has 0 bridgehead atoms. The zero-order valence-corrected chi connectivity index (χ0v) is 40.1. The Morgan fingerprint density at radius 3 is 1.19 bits per heavy atom. The van der Waals surface area contributed by atoms with Crippen LogP contribution in [0, 0.1) is 0 Å². The maximum atomic E-state index is 13.1. The maximum Gasteiger partial charge on any atom is 0.249 e. The number of rotatable bonds is 45. The molecule has 1 rings (SSSR count). The van der Waals surface area contributed by atoms with Crippen LogP contribution in [0.1, 0.15) is 251 Å². The van der Waals surface area contributed by atoms with Gasteiger partial charge in [0, 0.05) is 0 Å². The number of hydrogen-bond donors (Lipinski definition) is 8. The number of carbonyl (C=O) groups is 1. The molecule has 1 aliphatic rings. The molecule has 0 aliphatic carbocycles. The van der Waals surface area contributed by atoms with E-state index in [1.165, 1.54) is 173 Å². The summed E-state index contributed by atoms with van der Waals surface area (Å²) in [6, 6.07) is -1.16. The number of aliphatic hydroxyl groups excluding tert-OH is 7. The van der Waals surface area contributed by atoms with Gasteiger partial charge in [-0.05, 0) is 12.8 Å². The van der Waals surface area contributed by atoms with E-state index in [1.807, 2.05) is 0 Å². The minimum atomic E-state index is -1.66. The highest BCUT2D eigenvalue weighted by atomic mass is 16.7. The molecule has 1 aliphatic heterocycles. The molecule has 0 spiro atoms. The Kier molecular flexibility index (Phi) is 39.6. The standard InChI is InChI=1S/C51H101NO10/c1-3-5-7-9-11-13-15-17-18-19-20-21-22-23-24-25-27-29-31-33-35-37-39-44(55)50(60)52-42(41-61-51-49(59)48(58)47(57)45(40-53)62-51)46(56)43(54)38-36-34-32-30-28-26-16-14-12-10-8-6-4-2/h42-49,51,53-59H,3-41H2,1-2H3,(H,52,60)/t42-,43-,44?,45-,46+,47+,48+,49-,51+/m1/s1. The smallest absolute Gasteiger partial charge is 0.249 e. The van der Waals surface area contributed by atoms with E-state index < -0.39 is 74.2 Å². The van der Waals surface area contributed by atoms with Gasteiger partial charge in [-0.2, -0.15) is 0 Å².